The summed E-state index contributed by atoms with van der Waals surface area (Å²) >= 11 is 1.83. The van der Waals surface area contributed by atoms with Crippen molar-refractivity contribution in [2.45, 2.75) is 48.7 Å². The second-order valence-corrected chi connectivity index (χ2v) is 10.0. The molecule has 30 heavy (non-hydrogen) atoms. The first-order chi connectivity index (χ1) is 14.3. The average molecular weight is 412 g/mol. The summed E-state index contributed by atoms with van der Waals surface area (Å²) in [5, 5.41) is 0. The molecular weight excluding hydrogens is 387 g/mol. The fourth-order valence-electron chi connectivity index (χ4n) is 3.77. The van der Waals surface area contributed by atoms with Crippen LogP contribution in [0.15, 0.2) is 76.5 Å². The van der Waals surface area contributed by atoms with Crippen LogP contribution in [0.3, 0.4) is 0 Å². The Hall–Kier alpha value is -2.27. The number of rotatable bonds is 2. The molecule has 0 spiro atoms. The molecule has 3 aromatic rings. The zero-order valence-corrected chi connectivity index (χ0v) is 18.6. The third-order valence-electron chi connectivity index (χ3n) is 6.36. The molecule has 0 N–H and O–H groups in total. The lowest BCUT2D eigenvalue weighted by atomic mass is 9.78. The van der Waals surface area contributed by atoms with Crippen LogP contribution in [-0.4, -0.2) is 18.3 Å². The predicted octanol–water partition coefficient (Wildman–Crippen LogP) is 6.29. The average Bonchev–Trinajstić information content (AvgIpc) is 2.86. The molecule has 2 heterocycles. The van der Waals surface area contributed by atoms with Gasteiger partial charge in [-0.25, -0.2) is 0 Å². The van der Waals surface area contributed by atoms with Gasteiger partial charge in [0, 0.05) is 9.79 Å². The molecule has 2 aliphatic heterocycles. The summed E-state index contributed by atoms with van der Waals surface area (Å²) in [5.74, 6) is 0. The highest BCUT2D eigenvalue weighted by Crippen LogP contribution is 2.39. The highest BCUT2D eigenvalue weighted by atomic mass is 32.2. The van der Waals surface area contributed by atoms with E-state index in [4.69, 9.17) is 9.31 Å². The van der Waals surface area contributed by atoms with E-state index in [1.807, 2.05) is 11.8 Å². The smallest absolute Gasteiger partial charge is 0.399 e. The third-order valence-corrected chi connectivity index (χ3v) is 7.54. The molecule has 0 radical (unpaired) electrons. The van der Waals surface area contributed by atoms with Crippen molar-refractivity contribution in [2.24, 2.45) is 0 Å². The van der Waals surface area contributed by atoms with E-state index in [1.54, 1.807) is 0 Å². The Balaban J connectivity index is 1.41. The van der Waals surface area contributed by atoms with Crippen molar-refractivity contribution in [1.82, 2.24) is 0 Å². The van der Waals surface area contributed by atoms with Crippen LogP contribution in [0.25, 0.3) is 23.3 Å². The van der Waals surface area contributed by atoms with Gasteiger partial charge in [0.15, 0.2) is 0 Å². The molecule has 0 aliphatic carbocycles. The SMILES string of the molecule is CC1(C)OB(c2ccc(-c3ccc4c(c3)C=Cc3ccccc3S4)cc2)OC1(C)C. The standard InChI is InChI=1S/C26H25BO2S/c1-25(2)26(3,4)29-27(28-25)22-14-11-18(12-15-22)20-13-16-24-21(17-20)10-9-19-7-5-6-8-23(19)30-24/h5-17H,1-4H3. The molecule has 4 heteroatoms. The van der Waals surface area contributed by atoms with E-state index in [0.717, 1.165) is 5.46 Å². The van der Waals surface area contributed by atoms with Gasteiger partial charge in [-0.05, 0) is 73.6 Å². The van der Waals surface area contributed by atoms with Gasteiger partial charge in [-0.3, -0.25) is 0 Å². The molecule has 0 unspecified atom stereocenters. The number of benzene rings is 3. The lowest BCUT2D eigenvalue weighted by Gasteiger charge is -2.32. The van der Waals surface area contributed by atoms with Gasteiger partial charge in [0.05, 0.1) is 11.2 Å². The summed E-state index contributed by atoms with van der Waals surface area (Å²) in [7, 11) is -0.325. The Labute approximate surface area is 183 Å². The maximum Gasteiger partial charge on any atom is 0.494 e. The molecule has 0 bridgehead atoms. The summed E-state index contributed by atoms with van der Waals surface area (Å²) in [6, 6.07) is 23.8. The minimum Gasteiger partial charge on any atom is -0.399 e. The van der Waals surface area contributed by atoms with Crippen molar-refractivity contribution in [3.05, 3.63) is 77.9 Å². The molecule has 2 aliphatic rings. The molecule has 0 amide bonds. The second kappa shape index (κ2) is 7.16. The van der Waals surface area contributed by atoms with E-state index >= 15 is 0 Å². The van der Waals surface area contributed by atoms with Crippen LogP contribution in [-0.2, 0) is 9.31 Å². The van der Waals surface area contributed by atoms with Gasteiger partial charge in [-0.2, -0.15) is 0 Å². The first-order valence-electron chi connectivity index (χ1n) is 10.4. The molecule has 1 saturated heterocycles. The maximum atomic E-state index is 6.18. The molecule has 3 aromatic carbocycles. The maximum absolute atomic E-state index is 6.18. The summed E-state index contributed by atoms with van der Waals surface area (Å²) in [6.45, 7) is 8.34. The molecule has 0 saturated carbocycles. The fourth-order valence-corrected chi connectivity index (χ4v) is 4.79. The summed E-state index contributed by atoms with van der Waals surface area (Å²) < 4.78 is 12.4. The van der Waals surface area contributed by atoms with Crippen LogP contribution >= 0.6 is 11.8 Å². The second-order valence-electron chi connectivity index (χ2n) is 8.94. The van der Waals surface area contributed by atoms with Gasteiger partial charge in [0.1, 0.15) is 0 Å². The third kappa shape index (κ3) is 3.43. The topological polar surface area (TPSA) is 18.5 Å². The van der Waals surface area contributed by atoms with Crippen LogP contribution in [0.4, 0.5) is 0 Å². The van der Waals surface area contributed by atoms with E-state index in [0.29, 0.717) is 0 Å². The van der Waals surface area contributed by atoms with Crippen LogP contribution in [0.2, 0.25) is 0 Å². The summed E-state index contributed by atoms with van der Waals surface area (Å²) in [4.78, 5) is 2.58. The van der Waals surface area contributed by atoms with Crippen LogP contribution in [0.5, 0.6) is 0 Å². The normalized spacial score (nSPS) is 18.6. The van der Waals surface area contributed by atoms with Crippen LogP contribution < -0.4 is 5.46 Å². The Morgan fingerprint density at radius 2 is 1.27 bits per heavy atom. The van der Waals surface area contributed by atoms with Gasteiger partial charge in [0.2, 0.25) is 0 Å². The minimum atomic E-state index is -0.325. The molecule has 5 rings (SSSR count). The van der Waals surface area contributed by atoms with Crippen molar-refractivity contribution in [2.75, 3.05) is 0 Å². The summed E-state index contributed by atoms with van der Waals surface area (Å²) in [5.41, 5.74) is 5.33. The van der Waals surface area contributed by atoms with E-state index in [2.05, 4.69) is 107 Å². The Morgan fingerprint density at radius 1 is 0.667 bits per heavy atom. The Bertz CT molecular complexity index is 1120. The molecule has 150 valence electrons. The van der Waals surface area contributed by atoms with E-state index in [9.17, 15) is 0 Å². The monoisotopic (exact) mass is 412 g/mol. The minimum absolute atomic E-state index is 0.324. The van der Waals surface area contributed by atoms with E-state index in [-0.39, 0.29) is 18.3 Å². The Kier molecular flexibility index (Phi) is 4.70. The molecule has 1 fully saturated rings. The van der Waals surface area contributed by atoms with E-state index in [1.165, 1.54) is 32.0 Å². The molecular formula is C26H25BO2S. The number of hydrogen-bond acceptors (Lipinski definition) is 3. The van der Waals surface area contributed by atoms with Crippen molar-refractivity contribution in [3.8, 4) is 11.1 Å². The van der Waals surface area contributed by atoms with Crippen LogP contribution in [0, 0.1) is 0 Å². The van der Waals surface area contributed by atoms with Gasteiger partial charge >= 0.3 is 7.12 Å². The zero-order chi connectivity index (χ0) is 20.9. The molecule has 0 atom stereocenters. The van der Waals surface area contributed by atoms with Crippen LogP contribution in [0.1, 0.15) is 38.8 Å². The highest BCUT2D eigenvalue weighted by Gasteiger charge is 2.51. The lowest BCUT2D eigenvalue weighted by Crippen LogP contribution is -2.41. The van der Waals surface area contributed by atoms with Crippen molar-refractivity contribution >= 4 is 36.5 Å². The van der Waals surface area contributed by atoms with E-state index < -0.39 is 0 Å². The van der Waals surface area contributed by atoms with Gasteiger partial charge in [-0.1, -0.05) is 72.4 Å². The predicted molar refractivity (Wildman–Crippen MR) is 127 cm³/mol. The van der Waals surface area contributed by atoms with Gasteiger partial charge in [0.25, 0.3) is 0 Å². The number of fused-ring (bicyclic) bond motifs is 2. The highest BCUT2D eigenvalue weighted by molar-refractivity contribution is 7.99. The zero-order valence-electron chi connectivity index (χ0n) is 17.8. The molecule has 2 nitrogen and oxygen atoms in total. The van der Waals surface area contributed by atoms with Gasteiger partial charge in [-0.15, -0.1) is 0 Å². The fraction of sp³-hybridized carbons (Fsp3) is 0.231. The first-order valence-corrected chi connectivity index (χ1v) is 11.2. The van der Waals surface area contributed by atoms with Crippen molar-refractivity contribution < 1.29 is 9.31 Å². The largest absolute Gasteiger partial charge is 0.494 e. The number of hydrogen-bond donors (Lipinski definition) is 0. The Morgan fingerprint density at radius 3 is 2.00 bits per heavy atom. The van der Waals surface area contributed by atoms with Crippen molar-refractivity contribution in [3.63, 3.8) is 0 Å². The quantitative estimate of drug-likeness (QED) is 0.361. The molecule has 0 aromatic heterocycles. The lowest BCUT2D eigenvalue weighted by molar-refractivity contribution is 0.00578. The summed E-state index contributed by atoms with van der Waals surface area (Å²) in [6.07, 6.45) is 4.43. The van der Waals surface area contributed by atoms with Gasteiger partial charge < -0.3 is 9.31 Å². The van der Waals surface area contributed by atoms with Crippen molar-refractivity contribution in [1.29, 1.82) is 0 Å². The first kappa shape index (κ1) is 19.7.